The van der Waals surface area contributed by atoms with E-state index in [4.69, 9.17) is 5.73 Å². The molecule has 1 aromatic rings. The third-order valence-corrected chi connectivity index (χ3v) is 1.95. The van der Waals surface area contributed by atoms with Crippen molar-refractivity contribution in [2.24, 2.45) is 5.73 Å². The summed E-state index contributed by atoms with van der Waals surface area (Å²) >= 11 is 0. The molecule has 0 amide bonds. The monoisotopic (exact) mass is 216 g/mol. The van der Waals surface area contributed by atoms with Gasteiger partial charge in [0.25, 0.3) is 0 Å². The fourth-order valence-electron chi connectivity index (χ4n) is 1.08. The number of nitrogens with two attached hydrogens (primary N) is 1. The van der Waals surface area contributed by atoms with Crippen molar-refractivity contribution in [2.75, 3.05) is 0 Å². The van der Waals surface area contributed by atoms with Gasteiger partial charge in [-0.15, -0.1) is 0 Å². The summed E-state index contributed by atoms with van der Waals surface area (Å²) in [6.07, 6.45) is 0. The molecule has 1 aromatic carbocycles. The van der Waals surface area contributed by atoms with Gasteiger partial charge in [-0.25, -0.2) is 4.39 Å². The van der Waals surface area contributed by atoms with E-state index in [2.05, 4.69) is 0 Å². The first-order valence-electron chi connectivity index (χ1n) is 4.16. The van der Waals surface area contributed by atoms with Gasteiger partial charge in [-0.1, -0.05) is 0 Å². The fraction of sp³-hybridized carbons (Fsp3) is 0.333. The second kappa shape index (κ2) is 3.54. The van der Waals surface area contributed by atoms with Gasteiger partial charge in [0.2, 0.25) is 5.82 Å². The van der Waals surface area contributed by atoms with Crippen molar-refractivity contribution >= 4 is 5.69 Å². The molecule has 0 aliphatic heterocycles. The number of hydrogen-bond acceptors (Lipinski definition) is 3. The summed E-state index contributed by atoms with van der Waals surface area (Å²) in [5.74, 6) is -2.73. The summed E-state index contributed by atoms with van der Waals surface area (Å²) in [6.45, 7) is 3.09. The first-order chi connectivity index (χ1) is 6.73. The van der Waals surface area contributed by atoms with E-state index in [0.717, 1.165) is 12.1 Å². The normalized spacial score (nSPS) is 11.5. The van der Waals surface area contributed by atoms with Gasteiger partial charge in [0, 0.05) is 11.6 Å². The predicted molar refractivity (Wildman–Crippen MR) is 50.2 cm³/mol. The average molecular weight is 216 g/mol. The predicted octanol–water partition coefficient (Wildman–Crippen LogP) is 2.07. The van der Waals surface area contributed by atoms with Gasteiger partial charge in [-0.2, -0.15) is 4.39 Å². The van der Waals surface area contributed by atoms with Gasteiger partial charge >= 0.3 is 5.69 Å². The van der Waals surface area contributed by atoms with E-state index in [-0.39, 0.29) is 5.56 Å². The van der Waals surface area contributed by atoms with Gasteiger partial charge in [0.15, 0.2) is 5.82 Å². The molecule has 0 aromatic heterocycles. The van der Waals surface area contributed by atoms with Crippen LogP contribution in [0.3, 0.4) is 0 Å². The first-order valence-corrected chi connectivity index (χ1v) is 4.16. The lowest BCUT2D eigenvalue weighted by atomic mass is 9.95. The van der Waals surface area contributed by atoms with E-state index in [0.29, 0.717) is 0 Å². The highest BCUT2D eigenvalue weighted by molar-refractivity contribution is 5.39. The topological polar surface area (TPSA) is 69.2 Å². The molecule has 0 heterocycles. The van der Waals surface area contributed by atoms with E-state index < -0.39 is 27.8 Å². The maximum absolute atomic E-state index is 13.0. The van der Waals surface area contributed by atoms with E-state index in [1.54, 1.807) is 13.8 Å². The summed E-state index contributed by atoms with van der Waals surface area (Å²) in [5.41, 5.74) is 3.95. The molecule has 0 fully saturated rings. The Morgan fingerprint density at radius 2 is 1.93 bits per heavy atom. The minimum absolute atomic E-state index is 0.174. The molecule has 0 aliphatic carbocycles. The van der Waals surface area contributed by atoms with Crippen molar-refractivity contribution in [3.63, 3.8) is 0 Å². The van der Waals surface area contributed by atoms with Crippen molar-refractivity contribution in [3.8, 4) is 0 Å². The van der Waals surface area contributed by atoms with Gasteiger partial charge in [0.1, 0.15) is 0 Å². The van der Waals surface area contributed by atoms with Crippen LogP contribution in [-0.2, 0) is 5.54 Å². The number of benzene rings is 1. The molecular weight excluding hydrogens is 206 g/mol. The molecule has 0 saturated carbocycles. The molecule has 4 nitrogen and oxygen atoms in total. The third-order valence-electron chi connectivity index (χ3n) is 1.95. The van der Waals surface area contributed by atoms with Crippen molar-refractivity contribution in [2.45, 2.75) is 19.4 Å². The zero-order valence-corrected chi connectivity index (χ0v) is 8.25. The van der Waals surface area contributed by atoms with Crippen LogP contribution in [-0.4, -0.2) is 4.92 Å². The summed E-state index contributed by atoms with van der Waals surface area (Å²) in [7, 11) is 0. The summed E-state index contributed by atoms with van der Waals surface area (Å²) < 4.78 is 26.0. The zero-order valence-electron chi connectivity index (χ0n) is 8.25. The quantitative estimate of drug-likeness (QED) is 0.607. The molecule has 0 unspecified atom stereocenters. The van der Waals surface area contributed by atoms with E-state index in [1.807, 2.05) is 0 Å². The molecule has 0 spiro atoms. The molecule has 82 valence electrons. The molecular formula is C9H10F2N2O2. The van der Waals surface area contributed by atoms with Crippen LogP contribution in [0.4, 0.5) is 14.5 Å². The fourth-order valence-corrected chi connectivity index (χ4v) is 1.08. The molecule has 6 heteroatoms. The van der Waals surface area contributed by atoms with Crippen molar-refractivity contribution in [1.29, 1.82) is 0 Å². The van der Waals surface area contributed by atoms with E-state index >= 15 is 0 Å². The molecule has 0 bridgehead atoms. The van der Waals surface area contributed by atoms with Crippen molar-refractivity contribution < 1.29 is 13.7 Å². The smallest absolute Gasteiger partial charge is 0.308 e. The Hall–Kier alpha value is -1.56. The van der Waals surface area contributed by atoms with E-state index in [1.165, 1.54) is 0 Å². The Morgan fingerprint density at radius 3 is 2.33 bits per heavy atom. The largest absolute Gasteiger partial charge is 0.322 e. The van der Waals surface area contributed by atoms with Crippen molar-refractivity contribution in [3.05, 3.63) is 39.4 Å². The number of hydrogen-bond donors (Lipinski definition) is 1. The Kier molecular flexibility index (Phi) is 2.72. The second-order valence-corrected chi connectivity index (χ2v) is 3.77. The van der Waals surface area contributed by atoms with Crippen LogP contribution in [0.25, 0.3) is 0 Å². The van der Waals surface area contributed by atoms with Crippen LogP contribution in [0.5, 0.6) is 0 Å². The highest BCUT2D eigenvalue weighted by atomic mass is 19.2. The maximum Gasteiger partial charge on any atom is 0.308 e. The first kappa shape index (κ1) is 11.5. The lowest BCUT2D eigenvalue weighted by Gasteiger charge is -2.18. The molecule has 0 saturated heterocycles. The molecule has 15 heavy (non-hydrogen) atoms. The number of halogens is 2. The highest BCUT2D eigenvalue weighted by Gasteiger charge is 2.24. The number of nitro benzene ring substituents is 1. The van der Waals surface area contributed by atoms with E-state index in [9.17, 15) is 18.9 Å². The van der Waals surface area contributed by atoms with Gasteiger partial charge in [-0.3, -0.25) is 10.1 Å². The van der Waals surface area contributed by atoms with Gasteiger partial charge in [-0.05, 0) is 25.5 Å². The summed E-state index contributed by atoms with van der Waals surface area (Å²) in [5, 5.41) is 10.4. The zero-order chi connectivity index (χ0) is 11.8. The number of nitro groups is 1. The standard InChI is InChI=1S/C9H10F2N2O2/c1-9(2,12)5-3-6(10)8(11)7(4-5)13(14)15/h3-4H,12H2,1-2H3. The van der Waals surface area contributed by atoms with Crippen LogP contribution < -0.4 is 5.73 Å². The second-order valence-electron chi connectivity index (χ2n) is 3.77. The van der Waals surface area contributed by atoms with Gasteiger partial charge < -0.3 is 5.73 Å². The molecule has 0 radical (unpaired) electrons. The van der Waals surface area contributed by atoms with Crippen LogP contribution in [0.2, 0.25) is 0 Å². The molecule has 1 rings (SSSR count). The molecule has 0 atom stereocenters. The lowest BCUT2D eigenvalue weighted by molar-refractivity contribution is -0.387. The van der Waals surface area contributed by atoms with Crippen LogP contribution in [0, 0.1) is 21.7 Å². The van der Waals surface area contributed by atoms with Crippen LogP contribution in [0.1, 0.15) is 19.4 Å². The Labute approximate surface area is 84.9 Å². The van der Waals surface area contributed by atoms with Crippen LogP contribution in [0.15, 0.2) is 12.1 Å². The SMILES string of the molecule is CC(C)(N)c1cc(F)c(F)c([N+](=O)[O-])c1. The minimum Gasteiger partial charge on any atom is -0.322 e. The van der Waals surface area contributed by atoms with Crippen LogP contribution >= 0.6 is 0 Å². The number of nitrogens with zero attached hydrogens (tertiary/aromatic N) is 1. The molecule has 2 N–H and O–H groups in total. The molecule has 0 aliphatic rings. The maximum atomic E-state index is 13.0. The Bertz CT molecular complexity index is 413. The Balaban J connectivity index is 3.43. The van der Waals surface area contributed by atoms with Crippen molar-refractivity contribution in [1.82, 2.24) is 0 Å². The third kappa shape index (κ3) is 2.27. The summed E-state index contributed by atoms with van der Waals surface area (Å²) in [6, 6.07) is 1.81. The summed E-state index contributed by atoms with van der Waals surface area (Å²) in [4.78, 5) is 9.43. The number of rotatable bonds is 2. The minimum atomic E-state index is -1.46. The van der Waals surface area contributed by atoms with Gasteiger partial charge in [0.05, 0.1) is 4.92 Å². The highest BCUT2D eigenvalue weighted by Crippen LogP contribution is 2.26. The lowest BCUT2D eigenvalue weighted by Crippen LogP contribution is -2.29. The Morgan fingerprint density at radius 1 is 1.40 bits per heavy atom. The average Bonchev–Trinajstić information content (AvgIpc) is 2.06.